The Hall–Kier alpha value is -4.11. The Morgan fingerprint density at radius 3 is 2.47 bits per heavy atom. The molecule has 2 aliphatic carbocycles. The maximum Gasteiger partial charge on any atom is 0.408 e. The van der Waals surface area contributed by atoms with Gasteiger partial charge in [0.25, 0.3) is 5.91 Å². The van der Waals surface area contributed by atoms with Gasteiger partial charge in [-0.25, -0.2) is 13.2 Å². The van der Waals surface area contributed by atoms with Gasteiger partial charge in [-0.15, -0.1) is 0 Å². The number of rotatable bonds is 8. The molecule has 0 spiro atoms. The lowest BCUT2D eigenvalue weighted by molar-refractivity contribution is -0.146. The number of hydrogen-bond acceptors (Lipinski definition) is 9. The van der Waals surface area contributed by atoms with Crippen molar-refractivity contribution in [1.82, 2.24) is 24.8 Å². The zero-order chi connectivity index (χ0) is 41.8. The highest BCUT2D eigenvalue weighted by molar-refractivity contribution is 7.91. The molecule has 2 aliphatic heterocycles. The SMILES string of the molecule is CC(C)Oc1cc2c(Cl)cccc2c(O[C@@H]2C[C@H]3C(=O)N[C@]4(C(=O)NS(=O)(=O)C5(C)CC5)C[C@H]4/C=C\CC[C@@H](C)C[C@@H](C)[C@H](N(C(=O)O)C(C)(C)C)C(=O)N3C2)n1. The molecule has 2 aromatic rings. The van der Waals surface area contributed by atoms with Crippen molar-refractivity contribution >= 4 is 56.2 Å². The minimum absolute atomic E-state index is 0.0365. The topological polar surface area (TPSA) is 185 Å². The van der Waals surface area contributed by atoms with Crippen LogP contribution < -0.4 is 19.5 Å². The molecular weight excluding hydrogens is 774 g/mol. The van der Waals surface area contributed by atoms with Crippen molar-refractivity contribution in [1.29, 1.82) is 0 Å². The van der Waals surface area contributed by atoms with Gasteiger partial charge in [-0.3, -0.25) is 24.0 Å². The second kappa shape index (κ2) is 15.6. The summed E-state index contributed by atoms with van der Waals surface area (Å²) in [6.45, 7) is 14.3. The predicted molar refractivity (Wildman–Crippen MR) is 215 cm³/mol. The Morgan fingerprint density at radius 2 is 1.84 bits per heavy atom. The molecule has 0 bridgehead atoms. The Kier molecular flexibility index (Phi) is 11.6. The summed E-state index contributed by atoms with van der Waals surface area (Å²) < 4.78 is 40.2. The minimum atomic E-state index is -4.03. The Morgan fingerprint density at radius 1 is 1.14 bits per heavy atom. The van der Waals surface area contributed by atoms with Crippen LogP contribution in [0, 0.1) is 17.8 Å². The van der Waals surface area contributed by atoms with Crippen molar-refractivity contribution in [3.63, 3.8) is 0 Å². The van der Waals surface area contributed by atoms with E-state index in [9.17, 15) is 27.9 Å². The van der Waals surface area contributed by atoms with Crippen LogP contribution in [0.4, 0.5) is 4.79 Å². The summed E-state index contributed by atoms with van der Waals surface area (Å²) in [4.78, 5) is 64.0. The molecule has 4 amide bonds. The van der Waals surface area contributed by atoms with Crippen LogP contribution in [0.2, 0.25) is 5.02 Å². The third kappa shape index (κ3) is 8.69. The van der Waals surface area contributed by atoms with E-state index in [4.69, 9.17) is 21.1 Å². The lowest BCUT2D eigenvalue weighted by atomic mass is 9.85. The molecule has 3 N–H and O–H groups in total. The van der Waals surface area contributed by atoms with E-state index in [1.54, 1.807) is 52.0 Å². The molecule has 3 fully saturated rings. The lowest BCUT2D eigenvalue weighted by Crippen LogP contribution is -2.62. The lowest BCUT2D eigenvalue weighted by Gasteiger charge is -2.43. The fraction of sp³-hybridized carbons (Fsp3) is 0.634. The van der Waals surface area contributed by atoms with E-state index in [0.29, 0.717) is 41.5 Å². The number of ether oxygens (including phenoxy) is 2. The zero-order valence-corrected chi connectivity index (χ0v) is 35.6. The number of allylic oxidation sites excluding steroid dienone is 1. The van der Waals surface area contributed by atoms with E-state index >= 15 is 4.79 Å². The van der Waals surface area contributed by atoms with E-state index in [0.717, 1.165) is 6.42 Å². The first kappa shape index (κ1) is 42.5. The van der Waals surface area contributed by atoms with Crippen LogP contribution in [0.5, 0.6) is 11.8 Å². The standard InChI is InChI=1S/C41H56ClN5O9S/c1-23(2)55-32-20-29-28(14-11-15-30(29)42)35(43-32)56-27-19-31-34(48)44-41(37(50)45-57(53,54)40(8)16-17-40)21-26(41)13-10-9-12-24(3)18-25(4)33(36(49)46(31)22-27)47(38(51)52)39(5,6)7/h10-11,13-15,20,23-27,31,33H,9,12,16-19,21-22H2,1-8H3,(H,44,48)(H,45,50)(H,51,52)/b13-10-/t24-,25-,26-,27-,31+,33+,41-/m1/s1. The van der Waals surface area contributed by atoms with Gasteiger partial charge < -0.3 is 24.8 Å². The number of carboxylic acid groups (broad SMARTS) is 1. The van der Waals surface area contributed by atoms with Gasteiger partial charge >= 0.3 is 6.09 Å². The zero-order valence-electron chi connectivity index (χ0n) is 34.0. The smallest absolute Gasteiger partial charge is 0.408 e. The Labute approximate surface area is 340 Å². The van der Waals surface area contributed by atoms with Crippen LogP contribution in [-0.4, -0.2) is 98.8 Å². The molecule has 14 nitrogen and oxygen atoms in total. The summed E-state index contributed by atoms with van der Waals surface area (Å²) in [6, 6.07) is 4.61. The number of carbonyl (C=O) groups excluding carboxylic acids is 3. The van der Waals surface area contributed by atoms with E-state index in [-0.39, 0.29) is 43.2 Å². The molecule has 0 radical (unpaired) electrons. The average molecular weight is 830 g/mol. The third-order valence-corrected chi connectivity index (χ3v) is 14.3. The number of halogens is 1. The largest absolute Gasteiger partial charge is 0.475 e. The number of aromatic nitrogens is 1. The Bertz CT molecular complexity index is 2070. The van der Waals surface area contributed by atoms with Gasteiger partial charge in [0, 0.05) is 39.7 Å². The van der Waals surface area contributed by atoms with E-state index in [1.807, 2.05) is 32.9 Å². The molecule has 3 heterocycles. The maximum absolute atomic E-state index is 15.1. The molecule has 16 heteroatoms. The van der Waals surface area contributed by atoms with Gasteiger partial charge in [-0.2, -0.15) is 4.98 Å². The molecule has 6 rings (SSSR count). The quantitative estimate of drug-likeness (QED) is 0.265. The van der Waals surface area contributed by atoms with Crippen molar-refractivity contribution in [3.8, 4) is 11.8 Å². The normalized spacial score (nSPS) is 29.6. The van der Waals surface area contributed by atoms with Gasteiger partial charge in [0.15, 0.2) is 0 Å². The monoisotopic (exact) mass is 829 g/mol. The summed E-state index contributed by atoms with van der Waals surface area (Å²) in [7, 11) is -4.03. The molecule has 0 unspecified atom stereocenters. The number of nitrogens with zero attached hydrogens (tertiary/aromatic N) is 3. The number of fused-ring (bicyclic) bond motifs is 3. The van der Waals surface area contributed by atoms with Gasteiger partial charge in [-0.05, 0) is 104 Å². The molecule has 1 saturated heterocycles. The highest BCUT2D eigenvalue weighted by atomic mass is 35.5. The maximum atomic E-state index is 15.1. The summed E-state index contributed by atoms with van der Waals surface area (Å²) in [5.41, 5.74) is -2.57. The third-order valence-electron chi connectivity index (χ3n) is 11.8. The van der Waals surface area contributed by atoms with Gasteiger partial charge in [-0.1, -0.05) is 43.7 Å². The van der Waals surface area contributed by atoms with Crippen LogP contribution in [0.15, 0.2) is 36.4 Å². The van der Waals surface area contributed by atoms with Crippen molar-refractivity contribution in [2.45, 2.75) is 140 Å². The first-order valence-electron chi connectivity index (χ1n) is 19.9. The molecule has 57 heavy (non-hydrogen) atoms. The van der Waals surface area contributed by atoms with Crippen molar-refractivity contribution in [2.75, 3.05) is 6.54 Å². The number of sulfonamides is 1. The van der Waals surface area contributed by atoms with Crippen molar-refractivity contribution in [2.24, 2.45) is 17.8 Å². The second-order valence-corrected chi connectivity index (χ2v) is 20.6. The molecule has 2 saturated carbocycles. The first-order chi connectivity index (χ1) is 26.6. The van der Waals surface area contributed by atoms with E-state index < -0.39 is 79.7 Å². The van der Waals surface area contributed by atoms with E-state index in [1.165, 1.54) is 9.80 Å². The highest BCUT2D eigenvalue weighted by Gasteiger charge is 2.63. The number of amides is 4. The number of carbonyl (C=O) groups is 4. The number of pyridine rings is 1. The molecule has 4 aliphatic rings. The predicted octanol–water partition coefficient (Wildman–Crippen LogP) is 6.06. The molecule has 1 aromatic heterocycles. The van der Waals surface area contributed by atoms with Crippen LogP contribution in [0.3, 0.4) is 0 Å². The fourth-order valence-corrected chi connectivity index (χ4v) is 9.84. The van der Waals surface area contributed by atoms with Crippen molar-refractivity contribution in [3.05, 3.63) is 41.4 Å². The average Bonchev–Trinajstić information content (AvgIpc) is 3.98. The number of benzene rings is 1. The van der Waals surface area contributed by atoms with E-state index in [2.05, 4.69) is 21.9 Å². The van der Waals surface area contributed by atoms with Crippen LogP contribution in [0.25, 0.3) is 10.8 Å². The number of nitrogens with one attached hydrogen (secondary N) is 2. The van der Waals surface area contributed by atoms with Gasteiger partial charge in [0.05, 0.1) is 17.4 Å². The summed E-state index contributed by atoms with van der Waals surface area (Å²) in [5.74, 6) is -2.48. The fourth-order valence-electron chi connectivity index (χ4n) is 8.30. The minimum Gasteiger partial charge on any atom is -0.475 e. The highest BCUT2D eigenvalue weighted by Crippen LogP contribution is 2.48. The summed E-state index contributed by atoms with van der Waals surface area (Å²) in [6.07, 6.45) is 4.35. The molecule has 312 valence electrons. The number of hydrogen-bond donors (Lipinski definition) is 3. The molecular formula is C41H56ClN5O9S. The Balaban J connectivity index is 1.42. The van der Waals surface area contributed by atoms with Crippen molar-refractivity contribution < 1.29 is 42.2 Å². The first-order valence-corrected chi connectivity index (χ1v) is 21.7. The molecule has 7 atom stereocenters. The summed E-state index contributed by atoms with van der Waals surface area (Å²) >= 11 is 6.60. The second-order valence-electron chi connectivity index (χ2n) is 18.0. The van der Waals surface area contributed by atoms with Gasteiger partial charge in [0.1, 0.15) is 23.7 Å². The summed E-state index contributed by atoms with van der Waals surface area (Å²) in [5, 5.41) is 15.2. The van der Waals surface area contributed by atoms with Crippen LogP contribution in [0.1, 0.15) is 100 Å². The van der Waals surface area contributed by atoms with Crippen LogP contribution in [-0.2, 0) is 24.4 Å². The van der Waals surface area contributed by atoms with Gasteiger partial charge in [0.2, 0.25) is 33.6 Å². The molecule has 1 aromatic carbocycles. The van der Waals surface area contributed by atoms with Crippen LogP contribution >= 0.6 is 11.6 Å².